The zero-order chi connectivity index (χ0) is 13.6. The molecule has 0 bridgehead atoms. The molecule has 3 aromatic rings. The predicted octanol–water partition coefficient (Wildman–Crippen LogP) is 2.92. The Bertz CT molecular complexity index is 788. The van der Waals surface area contributed by atoms with Gasteiger partial charge in [-0.15, -0.1) is 0 Å². The third kappa shape index (κ3) is 1.79. The lowest BCUT2D eigenvalue weighted by Gasteiger charge is -2.03. The molecular formula is C13H10ClN3O2. The molecule has 19 heavy (non-hydrogen) atoms. The summed E-state index contributed by atoms with van der Waals surface area (Å²) >= 11 is 5.98. The fraction of sp³-hybridized carbons (Fsp3) is 0.0769. The van der Waals surface area contributed by atoms with Crippen LogP contribution in [0.2, 0.25) is 5.02 Å². The summed E-state index contributed by atoms with van der Waals surface area (Å²) < 4.78 is 1.89. The minimum atomic E-state index is -1.01. The van der Waals surface area contributed by atoms with Gasteiger partial charge in [-0.25, -0.2) is 4.79 Å². The van der Waals surface area contributed by atoms with E-state index in [1.165, 1.54) is 6.20 Å². The number of H-pyrrole nitrogens is 1. The Morgan fingerprint density at radius 2 is 2.21 bits per heavy atom. The Hall–Kier alpha value is -2.27. The Labute approximate surface area is 113 Å². The van der Waals surface area contributed by atoms with Crippen LogP contribution in [-0.4, -0.2) is 25.8 Å². The Morgan fingerprint density at radius 3 is 2.95 bits per heavy atom. The van der Waals surface area contributed by atoms with Crippen molar-refractivity contribution in [3.8, 4) is 11.4 Å². The standard InChI is InChI=1S/C13H10ClN3O2/c1-17-10-5-8(14)3-2-7(10)4-11(17)12-9(13(18)19)6-15-16-12/h2-6H,1H3,(H,15,16)(H,18,19). The summed E-state index contributed by atoms with van der Waals surface area (Å²) in [7, 11) is 1.86. The average Bonchev–Trinajstić information content (AvgIpc) is 2.95. The zero-order valence-electron chi connectivity index (χ0n) is 10.0. The zero-order valence-corrected chi connectivity index (χ0v) is 10.8. The number of fused-ring (bicyclic) bond motifs is 1. The lowest BCUT2D eigenvalue weighted by molar-refractivity contribution is 0.0698. The smallest absolute Gasteiger partial charge is 0.339 e. The largest absolute Gasteiger partial charge is 0.478 e. The molecule has 0 aliphatic carbocycles. The molecule has 96 valence electrons. The van der Waals surface area contributed by atoms with E-state index in [9.17, 15) is 4.79 Å². The van der Waals surface area contributed by atoms with Crippen LogP contribution in [-0.2, 0) is 7.05 Å². The lowest BCUT2D eigenvalue weighted by atomic mass is 10.2. The molecule has 6 heteroatoms. The topological polar surface area (TPSA) is 70.9 Å². The van der Waals surface area contributed by atoms with Crippen molar-refractivity contribution in [1.82, 2.24) is 14.8 Å². The highest BCUT2D eigenvalue weighted by Gasteiger charge is 2.17. The first-order valence-electron chi connectivity index (χ1n) is 5.60. The van der Waals surface area contributed by atoms with Gasteiger partial charge in [0.25, 0.3) is 0 Å². The maximum absolute atomic E-state index is 11.1. The van der Waals surface area contributed by atoms with Crippen LogP contribution >= 0.6 is 11.6 Å². The van der Waals surface area contributed by atoms with Crippen LogP contribution < -0.4 is 0 Å². The quantitative estimate of drug-likeness (QED) is 0.755. The number of carbonyl (C=O) groups is 1. The fourth-order valence-electron chi connectivity index (χ4n) is 2.19. The van der Waals surface area contributed by atoms with Crippen LogP contribution in [0, 0.1) is 0 Å². The first kappa shape index (κ1) is 11.8. The molecule has 0 spiro atoms. The van der Waals surface area contributed by atoms with E-state index in [2.05, 4.69) is 10.2 Å². The van der Waals surface area contributed by atoms with E-state index in [0.29, 0.717) is 10.7 Å². The summed E-state index contributed by atoms with van der Waals surface area (Å²) in [5.41, 5.74) is 2.33. The van der Waals surface area contributed by atoms with Gasteiger partial charge in [-0.2, -0.15) is 5.10 Å². The molecule has 2 heterocycles. The Balaban J connectivity index is 2.28. The van der Waals surface area contributed by atoms with Gasteiger partial charge in [0.2, 0.25) is 0 Å². The van der Waals surface area contributed by atoms with Crippen molar-refractivity contribution in [2.75, 3.05) is 0 Å². The van der Waals surface area contributed by atoms with Crippen LogP contribution in [0.1, 0.15) is 10.4 Å². The fourth-order valence-corrected chi connectivity index (χ4v) is 2.35. The van der Waals surface area contributed by atoms with Crippen LogP contribution in [0.25, 0.3) is 22.3 Å². The molecule has 3 rings (SSSR count). The van der Waals surface area contributed by atoms with Gasteiger partial charge in [-0.05, 0) is 18.2 Å². The number of aromatic nitrogens is 3. The first-order valence-corrected chi connectivity index (χ1v) is 5.97. The van der Waals surface area contributed by atoms with Crippen molar-refractivity contribution in [3.05, 3.63) is 41.0 Å². The second-order valence-electron chi connectivity index (χ2n) is 4.26. The minimum absolute atomic E-state index is 0.150. The number of aromatic carboxylic acids is 1. The van der Waals surface area contributed by atoms with Crippen molar-refractivity contribution in [2.24, 2.45) is 7.05 Å². The van der Waals surface area contributed by atoms with Gasteiger partial charge in [0, 0.05) is 23.0 Å². The number of hydrogen-bond donors (Lipinski definition) is 2. The third-order valence-electron chi connectivity index (χ3n) is 3.13. The maximum atomic E-state index is 11.1. The van der Waals surface area contributed by atoms with Gasteiger partial charge in [-0.3, -0.25) is 5.10 Å². The van der Waals surface area contributed by atoms with E-state index in [1.54, 1.807) is 6.07 Å². The molecule has 0 saturated heterocycles. The van der Waals surface area contributed by atoms with Crippen molar-refractivity contribution in [1.29, 1.82) is 0 Å². The number of halogens is 1. The van der Waals surface area contributed by atoms with Gasteiger partial charge in [0.15, 0.2) is 0 Å². The molecule has 5 nitrogen and oxygen atoms in total. The molecule has 0 amide bonds. The van der Waals surface area contributed by atoms with E-state index in [0.717, 1.165) is 16.6 Å². The summed E-state index contributed by atoms with van der Waals surface area (Å²) in [6, 6.07) is 7.46. The number of aromatic amines is 1. The van der Waals surface area contributed by atoms with Gasteiger partial charge < -0.3 is 9.67 Å². The van der Waals surface area contributed by atoms with E-state index in [-0.39, 0.29) is 5.56 Å². The first-order chi connectivity index (χ1) is 9.08. The molecule has 0 aliphatic heterocycles. The summed E-state index contributed by atoms with van der Waals surface area (Å²) in [5.74, 6) is -1.01. The van der Waals surface area contributed by atoms with Crippen molar-refractivity contribution >= 4 is 28.5 Å². The summed E-state index contributed by atoms with van der Waals surface area (Å²) in [5, 5.41) is 17.3. The van der Waals surface area contributed by atoms with Gasteiger partial charge in [0.05, 0.1) is 17.6 Å². The number of rotatable bonds is 2. The molecule has 2 aromatic heterocycles. The molecular weight excluding hydrogens is 266 g/mol. The normalized spacial score (nSPS) is 11.1. The van der Waals surface area contributed by atoms with Crippen molar-refractivity contribution < 1.29 is 9.90 Å². The second-order valence-corrected chi connectivity index (χ2v) is 4.69. The van der Waals surface area contributed by atoms with Gasteiger partial charge in [0.1, 0.15) is 5.56 Å². The Kier molecular flexibility index (Phi) is 2.57. The number of aryl methyl sites for hydroxylation is 1. The van der Waals surface area contributed by atoms with E-state index < -0.39 is 5.97 Å². The summed E-state index contributed by atoms with van der Waals surface area (Å²) in [6.07, 6.45) is 1.31. The summed E-state index contributed by atoms with van der Waals surface area (Å²) in [6.45, 7) is 0. The van der Waals surface area contributed by atoms with Gasteiger partial charge >= 0.3 is 5.97 Å². The predicted molar refractivity (Wildman–Crippen MR) is 72.5 cm³/mol. The highest BCUT2D eigenvalue weighted by atomic mass is 35.5. The lowest BCUT2D eigenvalue weighted by Crippen LogP contribution is -1.99. The number of carboxylic acid groups (broad SMARTS) is 1. The highest BCUT2D eigenvalue weighted by Crippen LogP contribution is 2.29. The van der Waals surface area contributed by atoms with E-state index in [1.807, 2.05) is 29.8 Å². The Morgan fingerprint density at radius 1 is 1.42 bits per heavy atom. The van der Waals surface area contributed by atoms with Crippen LogP contribution in [0.3, 0.4) is 0 Å². The maximum Gasteiger partial charge on any atom is 0.339 e. The van der Waals surface area contributed by atoms with E-state index in [4.69, 9.17) is 16.7 Å². The summed E-state index contributed by atoms with van der Waals surface area (Å²) in [4.78, 5) is 11.1. The minimum Gasteiger partial charge on any atom is -0.478 e. The highest BCUT2D eigenvalue weighted by molar-refractivity contribution is 6.31. The van der Waals surface area contributed by atoms with Crippen LogP contribution in [0.5, 0.6) is 0 Å². The SMILES string of the molecule is Cn1c(-c2[nH]ncc2C(=O)O)cc2ccc(Cl)cc21. The number of nitrogens with zero attached hydrogens (tertiary/aromatic N) is 2. The molecule has 0 radical (unpaired) electrons. The molecule has 0 fully saturated rings. The molecule has 0 aliphatic rings. The second kappa shape index (κ2) is 4.13. The monoisotopic (exact) mass is 275 g/mol. The van der Waals surface area contributed by atoms with E-state index >= 15 is 0 Å². The van der Waals surface area contributed by atoms with Gasteiger partial charge in [-0.1, -0.05) is 17.7 Å². The van der Waals surface area contributed by atoms with Crippen molar-refractivity contribution in [3.63, 3.8) is 0 Å². The molecule has 1 aromatic carbocycles. The number of carboxylic acids is 1. The molecule has 2 N–H and O–H groups in total. The van der Waals surface area contributed by atoms with Crippen molar-refractivity contribution in [2.45, 2.75) is 0 Å². The number of benzene rings is 1. The van der Waals surface area contributed by atoms with Crippen LogP contribution in [0.15, 0.2) is 30.5 Å². The number of nitrogens with one attached hydrogen (secondary N) is 1. The molecule has 0 saturated carbocycles. The van der Waals surface area contributed by atoms with Crippen LogP contribution in [0.4, 0.5) is 0 Å². The average molecular weight is 276 g/mol. The third-order valence-corrected chi connectivity index (χ3v) is 3.37. The molecule has 0 unspecified atom stereocenters. The molecule has 0 atom stereocenters. The number of hydrogen-bond acceptors (Lipinski definition) is 2.